The zero-order valence-electron chi connectivity index (χ0n) is 17.6. The number of rotatable bonds is 3. The van der Waals surface area contributed by atoms with E-state index in [1.54, 1.807) is 0 Å². The molecule has 1 aromatic carbocycles. The van der Waals surface area contributed by atoms with E-state index in [0.29, 0.717) is 12.1 Å². The van der Waals surface area contributed by atoms with E-state index >= 15 is 0 Å². The van der Waals surface area contributed by atoms with E-state index in [2.05, 4.69) is 0 Å². The van der Waals surface area contributed by atoms with E-state index in [1.165, 1.54) is 0 Å². The SMILES string of the molecule is CN(C)c1ccc(C(=O)N2CCCC23CCCN(C2CCC(O)CC2)C3=O)cc1. The van der Waals surface area contributed by atoms with Gasteiger partial charge in [-0.05, 0) is 75.6 Å². The molecule has 6 heteroatoms. The van der Waals surface area contributed by atoms with Crippen LogP contribution in [-0.2, 0) is 4.79 Å². The fourth-order valence-corrected chi connectivity index (χ4v) is 5.45. The van der Waals surface area contributed by atoms with E-state index in [1.807, 2.05) is 53.1 Å². The topological polar surface area (TPSA) is 64.1 Å². The Morgan fingerprint density at radius 2 is 1.66 bits per heavy atom. The number of piperidine rings is 1. The Bertz CT molecular complexity index is 755. The van der Waals surface area contributed by atoms with Crippen LogP contribution in [0, 0.1) is 0 Å². The third kappa shape index (κ3) is 3.63. The molecule has 2 heterocycles. The average molecular weight is 400 g/mol. The van der Waals surface area contributed by atoms with Crippen molar-refractivity contribution in [3.05, 3.63) is 29.8 Å². The van der Waals surface area contributed by atoms with Gasteiger partial charge in [0.1, 0.15) is 5.54 Å². The summed E-state index contributed by atoms with van der Waals surface area (Å²) in [6.07, 6.45) is 6.38. The highest BCUT2D eigenvalue weighted by atomic mass is 16.3. The molecule has 2 saturated heterocycles. The van der Waals surface area contributed by atoms with Crippen LogP contribution in [-0.4, -0.2) is 71.6 Å². The van der Waals surface area contributed by atoms with Gasteiger partial charge in [0.25, 0.3) is 5.91 Å². The predicted molar refractivity (Wildman–Crippen MR) is 113 cm³/mol. The number of benzene rings is 1. The summed E-state index contributed by atoms with van der Waals surface area (Å²) in [6, 6.07) is 7.87. The van der Waals surface area contributed by atoms with E-state index in [0.717, 1.165) is 63.6 Å². The van der Waals surface area contributed by atoms with Crippen LogP contribution in [0.1, 0.15) is 61.7 Å². The molecule has 2 amide bonds. The highest BCUT2D eigenvalue weighted by Gasteiger charge is 2.53. The monoisotopic (exact) mass is 399 g/mol. The van der Waals surface area contributed by atoms with Crippen LogP contribution in [0.5, 0.6) is 0 Å². The molecule has 1 unspecified atom stereocenters. The lowest BCUT2D eigenvalue weighted by Crippen LogP contribution is -2.63. The third-order valence-corrected chi connectivity index (χ3v) is 7.12. The van der Waals surface area contributed by atoms with Gasteiger partial charge in [0.05, 0.1) is 6.10 Å². The number of carbonyl (C=O) groups is 2. The molecule has 3 aliphatic rings. The summed E-state index contributed by atoms with van der Waals surface area (Å²) >= 11 is 0. The summed E-state index contributed by atoms with van der Waals surface area (Å²) in [7, 11) is 3.96. The minimum atomic E-state index is -0.675. The molecule has 6 nitrogen and oxygen atoms in total. The molecule has 0 aromatic heterocycles. The maximum absolute atomic E-state index is 13.7. The Labute approximate surface area is 173 Å². The van der Waals surface area contributed by atoms with E-state index in [4.69, 9.17) is 0 Å². The molecule has 1 aromatic rings. The first-order valence-electron chi connectivity index (χ1n) is 11.0. The average Bonchev–Trinajstić information content (AvgIpc) is 3.15. The summed E-state index contributed by atoms with van der Waals surface area (Å²) in [4.78, 5) is 33.0. The van der Waals surface area contributed by atoms with Crippen LogP contribution in [0.4, 0.5) is 5.69 Å². The molecule has 1 aliphatic carbocycles. The summed E-state index contributed by atoms with van der Waals surface area (Å²) < 4.78 is 0. The van der Waals surface area contributed by atoms with Gasteiger partial charge in [-0.1, -0.05) is 0 Å². The van der Waals surface area contributed by atoms with Gasteiger partial charge >= 0.3 is 0 Å². The molecule has 1 atom stereocenters. The molecule has 2 aliphatic heterocycles. The van der Waals surface area contributed by atoms with Crippen LogP contribution >= 0.6 is 0 Å². The maximum atomic E-state index is 13.7. The van der Waals surface area contributed by atoms with E-state index in [-0.39, 0.29) is 24.0 Å². The Balaban J connectivity index is 1.55. The fraction of sp³-hybridized carbons (Fsp3) is 0.652. The van der Waals surface area contributed by atoms with E-state index in [9.17, 15) is 14.7 Å². The lowest BCUT2D eigenvalue weighted by atomic mass is 9.82. The number of anilines is 1. The van der Waals surface area contributed by atoms with Gasteiger partial charge in [-0.2, -0.15) is 0 Å². The van der Waals surface area contributed by atoms with Gasteiger partial charge < -0.3 is 19.8 Å². The van der Waals surface area contributed by atoms with Crippen molar-refractivity contribution in [1.29, 1.82) is 0 Å². The standard InChI is InChI=1S/C23H33N3O3/c1-24(2)18-7-5-17(6-8-18)21(28)26-16-4-14-23(26)13-3-15-25(22(23)29)19-9-11-20(27)12-10-19/h5-8,19-20,27H,3-4,9-16H2,1-2H3. The zero-order chi connectivity index (χ0) is 20.6. The van der Waals surface area contributed by atoms with Crippen molar-refractivity contribution >= 4 is 17.5 Å². The lowest BCUT2D eigenvalue weighted by molar-refractivity contribution is -0.149. The first kappa shape index (κ1) is 20.2. The number of amides is 2. The predicted octanol–water partition coefficient (Wildman–Crippen LogP) is 2.65. The van der Waals surface area contributed by atoms with Gasteiger partial charge in [-0.25, -0.2) is 0 Å². The van der Waals surface area contributed by atoms with Crippen molar-refractivity contribution in [2.45, 2.75) is 69.1 Å². The number of carbonyl (C=O) groups excluding carboxylic acids is 2. The number of hydrogen-bond donors (Lipinski definition) is 1. The molecule has 1 spiro atoms. The first-order valence-corrected chi connectivity index (χ1v) is 11.0. The fourth-order valence-electron chi connectivity index (χ4n) is 5.45. The second-order valence-electron chi connectivity index (χ2n) is 9.10. The number of likely N-dealkylation sites (tertiary alicyclic amines) is 2. The molecule has 29 heavy (non-hydrogen) atoms. The number of nitrogens with zero attached hydrogens (tertiary/aromatic N) is 3. The van der Waals surface area contributed by atoms with Gasteiger partial charge in [0.2, 0.25) is 5.91 Å². The number of aliphatic hydroxyl groups excluding tert-OH is 1. The minimum Gasteiger partial charge on any atom is -0.393 e. The van der Waals surface area contributed by atoms with Crippen LogP contribution in [0.2, 0.25) is 0 Å². The van der Waals surface area contributed by atoms with Gasteiger partial charge in [0, 0.05) is 44.5 Å². The number of hydrogen-bond acceptors (Lipinski definition) is 4. The summed E-state index contributed by atoms with van der Waals surface area (Å²) in [6.45, 7) is 1.43. The van der Waals surface area contributed by atoms with Crippen LogP contribution in [0.15, 0.2) is 24.3 Å². The Morgan fingerprint density at radius 3 is 2.28 bits per heavy atom. The van der Waals surface area contributed by atoms with Crippen molar-refractivity contribution in [3.63, 3.8) is 0 Å². The maximum Gasteiger partial charge on any atom is 0.254 e. The van der Waals surface area contributed by atoms with Crippen molar-refractivity contribution in [2.24, 2.45) is 0 Å². The molecule has 1 saturated carbocycles. The Hall–Kier alpha value is -2.08. The number of aliphatic hydroxyl groups is 1. The zero-order valence-corrected chi connectivity index (χ0v) is 17.6. The second-order valence-corrected chi connectivity index (χ2v) is 9.10. The smallest absolute Gasteiger partial charge is 0.254 e. The minimum absolute atomic E-state index is 0.0259. The van der Waals surface area contributed by atoms with Crippen molar-refractivity contribution in [1.82, 2.24) is 9.80 Å². The molecule has 3 fully saturated rings. The largest absolute Gasteiger partial charge is 0.393 e. The van der Waals surface area contributed by atoms with Crippen molar-refractivity contribution in [2.75, 3.05) is 32.1 Å². The quantitative estimate of drug-likeness (QED) is 0.849. The summed E-state index contributed by atoms with van der Waals surface area (Å²) in [5.41, 5.74) is 1.03. The summed E-state index contributed by atoms with van der Waals surface area (Å²) in [5.74, 6) is 0.114. The molecule has 4 rings (SSSR count). The molecule has 158 valence electrons. The first-order chi connectivity index (χ1) is 13.9. The lowest BCUT2D eigenvalue weighted by Gasteiger charge is -2.48. The Morgan fingerprint density at radius 1 is 1.03 bits per heavy atom. The summed E-state index contributed by atoms with van der Waals surface area (Å²) in [5, 5.41) is 9.83. The highest BCUT2D eigenvalue weighted by Crippen LogP contribution is 2.41. The normalized spacial score (nSPS) is 30.1. The third-order valence-electron chi connectivity index (χ3n) is 7.12. The van der Waals surface area contributed by atoms with Crippen molar-refractivity contribution < 1.29 is 14.7 Å². The molecule has 1 N–H and O–H groups in total. The van der Waals surface area contributed by atoms with Gasteiger partial charge in [-0.3, -0.25) is 9.59 Å². The molecular weight excluding hydrogens is 366 g/mol. The Kier molecular flexibility index (Phi) is 5.56. The van der Waals surface area contributed by atoms with Gasteiger partial charge in [-0.15, -0.1) is 0 Å². The molecule has 0 bridgehead atoms. The molecular formula is C23H33N3O3. The highest BCUT2D eigenvalue weighted by molar-refractivity contribution is 6.00. The van der Waals surface area contributed by atoms with Crippen LogP contribution in [0.25, 0.3) is 0 Å². The van der Waals surface area contributed by atoms with Crippen molar-refractivity contribution in [3.8, 4) is 0 Å². The van der Waals surface area contributed by atoms with Crippen LogP contribution in [0.3, 0.4) is 0 Å². The van der Waals surface area contributed by atoms with E-state index < -0.39 is 5.54 Å². The van der Waals surface area contributed by atoms with Gasteiger partial charge in [0.15, 0.2) is 0 Å². The van der Waals surface area contributed by atoms with Crippen LogP contribution < -0.4 is 4.90 Å². The molecule has 0 radical (unpaired) electrons. The second kappa shape index (κ2) is 7.98.